The second-order valence-corrected chi connectivity index (χ2v) is 6.21. The van der Waals surface area contributed by atoms with Crippen LogP contribution in [0.15, 0.2) is 0 Å². The first-order chi connectivity index (χ1) is 9.18. The Morgan fingerprint density at radius 3 is 2.63 bits per heavy atom. The lowest BCUT2D eigenvalue weighted by molar-refractivity contribution is -0.135. The van der Waals surface area contributed by atoms with Gasteiger partial charge in [-0.3, -0.25) is 4.79 Å². The van der Waals surface area contributed by atoms with Gasteiger partial charge >= 0.3 is 0 Å². The van der Waals surface area contributed by atoms with E-state index in [1.165, 1.54) is 0 Å². The van der Waals surface area contributed by atoms with Crippen LogP contribution in [0.25, 0.3) is 0 Å². The Hall–Kier alpha value is -0.610. The van der Waals surface area contributed by atoms with Gasteiger partial charge in [0.2, 0.25) is 5.91 Å². The molecule has 3 N–H and O–H groups in total. The van der Waals surface area contributed by atoms with Crippen LogP contribution >= 0.6 is 0 Å². The van der Waals surface area contributed by atoms with Gasteiger partial charge in [-0.15, -0.1) is 0 Å². The average Bonchev–Trinajstić information content (AvgIpc) is 2.42. The van der Waals surface area contributed by atoms with Crippen molar-refractivity contribution in [3.8, 4) is 0 Å². The summed E-state index contributed by atoms with van der Waals surface area (Å²) < 4.78 is 0. The van der Waals surface area contributed by atoms with Crippen molar-refractivity contribution in [3.05, 3.63) is 0 Å². The first kappa shape index (κ1) is 14.8. The minimum absolute atomic E-state index is 0.0233. The van der Waals surface area contributed by atoms with E-state index >= 15 is 0 Å². The number of amides is 1. The summed E-state index contributed by atoms with van der Waals surface area (Å²) >= 11 is 0. The first-order valence-electron chi connectivity index (χ1n) is 7.88. The maximum absolute atomic E-state index is 12.7. The minimum atomic E-state index is -0.349. The summed E-state index contributed by atoms with van der Waals surface area (Å²) in [5, 5.41) is 16.5. The SMILES string of the molecule is CCCC1(C(=O)N[C@@H]2CCCC[C@H]2O)CCNCC1. The Morgan fingerprint density at radius 2 is 2.00 bits per heavy atom. The van der Waals surface area contributed by atoms with Crippen molar-refractivity contribution in [1.29, 1.82) is 0 Å². The zero-order chi connectivity index (χ0) is 13.7. The summed E-state index contributed by atoms with van der Waals surface area (Å²) in [5.41, 5.74) is -0.197. The van der Waals surface area contributed by atoms with Gasteiger partial charge in [0, 0.05) is 0 Å². The van der Waals surface area contributed by atoms with Gasteiger partial charge in [0.25, 0.3) is 0 Å². The highest BCUT2D eigenvalue weighted by Crippen LogP contribution is 2.35. The fourth-order valence-electron chi connectivity index (χ4n) is 3.58. The Bertz CT molecular complexity index is 295. The topological polar surface area (TPSA) is 61.4 Å². The molecule has 2 rings (SSSR count). The molecule has 4 heteroatoms. The van der Waals surface area contributed by atoms with Crippen LogP contribution in [0.5, 0.6) is 0 Å². The molecule has 1 aliphatic carbocycles. The lowest BCUT2D eigenvalue weighted by atomic mass is 9.74. The zero-order valence-electron chi connectivity index (χ0n) is 12.1. The molecular formula is C15H28N2O2. The van der Waals surface area contributed by atoms with Crippen LogP contribution in [0.1, 0.15) is 58.3 Å². The molecule has 0 aromatic heterocycles. The van der Waals surface area contributed by atoms with Crippen LogP contribution in [0.4, 0.5) is 0 Å². The van der Waals surface area contributed by atoms with Crippen molar-refractivity contribution in [1.82, 2.24) is 10.6 Å². The molecule has 2 atom stereocenters. The fraction of sp³-hybridized carbons (Fsp3) is 0.933. The molecule has 19 heavy (non-hydrogen) atoms. The standard InChI is InChI=1S/C15H28N2O2/c1-2-7-15(8-10-16-11-9-15)14(19)17-12-5-3-4-6-13(12)18/h12-13,16,18H,2-11H2,1H3,(H,17,19)/t12-,13-/m1/s1. The Labute approximate surface area is 116 Å². The van der Waals surface area contributed by atoms with Crippen molar-refractivity contribution < 1.29 is 9.90 Å². The van der Waals surface area contributed by atoms with Gasteiger partial charge in [-0.2, -0.15) is 0 Å². The Balaban J connectivity index is 1.98. The third-order valence-electron chi connectivity index (χ3n) is 4.82. The molecule has 0 aromatic rings. The van der Waals surface area contributed by atoms with Crippen LogP contribution in [0.3, 0.4) is 0 Å². The van der Waals surface area contributed by atoms with Crippen LogP contribution in [0, 0.1) is 5.41 Å². The summed E-state index contributed by atoms with van der Waals surface area (Å²) in [7, 11) is 0. The Morgan fingerprint density at radius 1 is 1.32 bits per heavy atom. The fourth-order valence-corrected chi connectivity index (χ4v) is 3.58. The average molecular weight is 268 g/mol. The van der Waals surface area contributed by atoms with E-state index in [2.05, 4.69) is 17.6 Å². The summed E-state index contributed by atoms with van der Waals surface area (Å²) in [4.78, 5) is 12.7. The molecule has 1 amide bonds. The van der Waals surface area contributed by atoms with Crippen molar-refractivity contribution in [2.75, 3.05) is 13.1 Å². The number of carbonyl (C=O) groups excluding carboxylic acids is 1. The predicted octanol–water partition coefficient (Wildman–Crippen LogP) is 1.58. The molecule has 1 saturated heterocycles. The quantitative estimate of drug-likeness (QED) is 0.725. The van der Waals surface area contributed by atoms with Gasteiger partial charge < -0.3 is 15.7 Å². The Kier molecular flexibility index (Phi) is 5.22. The third-order valence-corrected chi connectivity index (χ3v) is 4.82. The lowest BCUT2D eigenvalue weighted by Crippen LogP contribution is -2.53. The van der Waals surface area contributed by atoms with E-state index in [1.807, 2.05) is 0 Å². The molecule has 0 aromatic carbocycles. The first-order valence-corrected chi connectivity index (χ1v) is 7.88. The van der Waals surface area contributed by atoms with Crippen LogP contribution in [-0.2, 0) is 4.79 Å². The predicted molar refractivity (Wildman–Crippen MR) is 75.9 cm³/mol. The second-order valence-electron chi connectivity index (χ2n) is 6.21. The highest BCUT2D eigenvalue weighted by molar-refractivity contribution is 5.83. The van der Waals surface area contributed by atoms with E-state index in [-0.39, 0.29) is 23.5 Å². The molecule has 0 radical (unpaired) electrons. The lowest BCUT2D eigenvalue weighted by Gasteiger charge is -2.38. The maximum atomic E-state index is 12.7. The van der Waals surface area contributed by atoms with Gasteiger partial charge in [0.05, 0.1) is 17.6 Å². The number of aliphatic hydroxyl groups excluding tert-OH is 1. The number of aliphatic hydroxyl groups is 1. The van der Waals surface area contributed by atoms with Crippen LogP contribution in [0.2, 0.25) is 0 Å². The summed E-state index contributed by atoms with van der Waals surface area (Å²) in [6, 6.07) is -0.0233. The third kappa shape index (κ3) is 3.48. The molecule has 0 spiro atoms. The molecule has 2 aliphatic rings. The van der Waals surface area contributed by atoms with Gasteiger partial charge in [0.15, 0.2) is 0 Å². The molecule has 0 bridgehead atoms. The van der Waals surface area contributed by atoms with E-state index in [9.17, 15) is 9.90 Å². The van der Waals surface area contributed by atoms with E-state index < -0.39 is 0 Å². The molecule has 1 saturated carbocycles. The molecule has 2 fully saturated rings. The molecule has 4 nitrogen and oxygen atoms in total. The van der Waals surface area contributed by atoms with Crippen LogP contribution in [-0.4, -0.2) is 36.2 Å². The minimum Gasteiger partial charge on any atom is -0.391 e. The zero-order valence-corrected chi connectivity index (χ0v) is 12.1. The second kappa shape index (κ2) is 6.71. The summed E-state index contributed by atoms with van der Waals surface area (Å²) in [5.74, 6) is 0.182. The molecule has 110 valence electrons. The van der Waals surface area contributed by atoms with Crippen molar-refractivity contribution >= 4 is 5.91 Å². The molecule has 1 aliphatic heterocycles. The number of nitrogens with one attached hydrogen (secondary N) is 2. The number of carbonyl (C=O) groups is 1. The summed E-state index contributed by atoms with van der Waals surface area (Å²) in [6.45, 7) is 4.01. The smallest absolute Gasteiger partial charge is 0.226 e. The monoisotopic (exact) mass is 268 g/mol. The number of piperidine rings is 1. The maximum Gasteiger partial charge on any atom is 0.226 e. The molecular weight excluding hydrogens is 240 g/mol. The van der Waals surface area contributed by atoms with E-state index in [4.69, 9.17) is 0 Å². The van der Waals surface area contributed by atoms with Gasteiger partial charge in [-0.1, -0.05) is 26.2 Å². The van der Waals surface area contributed by atoms with Crippen molar-refractivity contribution in [2.24, 2.45) is 5.41 Å². The van der Waals surface area contributed by atoms with Gasteiger partial charge in [-0.25, -0.2) is 0 Å². The van der Waals surface area contributed by atoms with Crippen molar-refractivity contribution in [3.63, 3.8) is 0 Å². The largest absolute Gasteiger partial charge is 0.391 e. The highest BCUT2D eigenvalue weighted by Gasteiger charge is 2.40. The van der Waals surface area contributed by atoms with E-state index in [0.29, 0.717) is 0 Å². The van der Waals surface area contributed by atoms with Gasteiger partial charge in [0.1, 0.15) is 0 Å². The summed E-state index contributed by atoms with van der Waals surface area (Å²) in [6.07, 6.45) is 7.45. The highest BCUT2D eigenvalue weighted by atomic mass is 16.3. The van der Waals surface area contributed by atoms with Crippen LogP contribution < -0.4 is 10.6 Å². The van der Waals surface area contributed by atoms with Gasteiger partial charge in [-0.05, 0) is 45.2 Å². The van der Waals surface area contributed by atoms with E-state index in [0.717, 1.165) is 64.5 Å². The van der Waals surface area contributed by atoms with Crippen molar-refractivity contribution in [2.45, 2.75) is 70.4 Å². The molecule has 1 heterocycles. The normalized spacial score (nSPS) is 30.8. The number of hydrogen-bond acceptors (Lipinski definition) is 3. The number of rotatable bonds is 4. The van der Waals surface area contributed by atoms with E-state index in [1.54, 1.807) is 0 Å². The molecule has 0 unspecified atom stereocenters. The number of hydrogen-bond donors (Lipinski definition) is 3.